The molecule has 1 amide bonds. The first-order valence-electron chi connectivity index (χ1n) is 4.69. The molecule has 74 valence electrons. The van der Waals surface area contributed by atoms with E-state index in [0.29, 0.717) is 12.0 Å². The summed E-state index contributed by atoms with van der Waals surface area (Å²) in [5.74, 6) is -0.173. The van der Waals surface area contributed by atoms with Crippen LogP contribution in [0.15, 0.2) is 24.3 Å². The Morgan fingerprint density at radius 2 is 2.14 bits per heavy atom. The molecule has 2 nitrogen and oxygen atoms in total. The molecular weight excluding hydrogens is 181 g/mol. The van der Waals surface area contributed by atoms with Gasteiger partial charge in [0.1, 0.15) is 6.17 Å². The molecule has 1 aromatic carbocycles. The van der Waals surface area contributed by atoms with E-state index in [2.05, 4.69) is 5.32 Å². The zero-order chi connectivity index (χ0) is 10.1. The van der Waals surface area contributed by atoms with E-state index < -0.39 is 6.17 Å². The highest BCUT2D eigenvalue weighted by Crippen LogP contribution is 2.25. The van der Waals surface area contributed by atoms with Gasteiger partial charge in [0.05, 0.1) is 6.04 Å². The third kappa shape index (κ3) is 1.76. The van der Waals surface area contributed by atoms with E-state index in [1.165, 1.54) is 0 Å². The summed E-state index contributed by atoms with van der Waals surface area (Å²) in [6, 6.07) is 7.04. The number of halogens is 1. The summed E-state index contributed by atoms with van der Waals surface area (Å²) in [4.78, 5) is 11.6. The highest BCUT2D eigenvalue weighted by Gasteiger charge is 2.38. The van der Waals surface area contributed by atoms with Gasteiger partial charge in [0.15, 0.2) is 0 Å². The van der Waals surface area contributed by atoms with Crippen LogP contribution in [0, 0.1) is 6.92 Å². The minimum atomic E-state index is -0.844. The standard InChI is InChI=1S/C11H12FNO/c1-7-4-2-3-5-8(7)11(14)13-10-6-9(10)12/h2-5,9-10H,6H2,1H3,(H,13,14)/t9-,10-/m0/s1. The average molecular weight is 193 g/mol. The molecule has 2 atom stereocenters. The molecule has 0 aromatic heterocycles. The van der Waals surface area contributed by atoms with Crippen molar-refractivity contribution in [2.75, 3.05) is 0 Å². The lowest BCUT2D eigenvalue weighted by atomic mass is 10.1. The van der Waals surface area contributed by atoms with E-state index in [9.17, 15) is 9.18 Å². The molecule has 0 aliphatic heterocycles. The maximum atomic E-state index is 12.5. The van der Waals surface area contributed by atoms with Crippen molar-refractivity contribution in [3.8, 4) is 0 Å². The third-order valence-electron chi connectivity index (χ3n) is 2.42. The van der Waals surface area contributed by atoms with Gasteiger partial charge in [-0.3, -0.25) is 4.79 Å². The Labute approximate surface area is 82.1 Å². The van der Waals surface area contributed by atoms with E-state index in [1.54, 1.807) is 6.07 Å². The number of amides is 1. The van der Waals surface area contributed by atoms with E-state index in [1.807, 2.05) is 25.1 Å². The van der Waals surface area contributed by atoms with Gasteiger partial charge in [-0.1, -0.05) is 18.2 Å². The largest absolute Gasteiger partial charge is 0.346 e. The number of rotatable bonds is 2. The maximum Gasteiger partial charge on any atom is 0.251 e. The molecule has 1 aliphatic rings. The Bertz CT molecular complexity index is 364. The summed E-state index contributed by atoms with van der Waals surface area (Å²) in [5.41, 5.74) is 1.55. The molecule has 1 aliphatic carbocycles. The normalized spacial score (nSPS) is 24.4. The van der Waals surface area contributed by atoms with Gasteiger partial charge in [-0.15, -0.1) is 0 Å². The Hall–Kier alpha value is -1.38. The van der Waals surface area contributed by atoms with Crippen LogP contribution < -0.4 is 5.32 Å². The third-order valence-corrected chi connectivity index (χ3v) is 2.42. The van der Waals surface area contributed by atoms with Crippen LogP contribution in [0.2, 0.25) is 0 Å². The number of hydrogen-bond donors (Lipinski definition) is 1. The summed E-state index contributed by atoms with van der Waals surface area (Å²) >= 11 is 0. The van der Waals surface area contributed by atoms with Crippen molar-refractivity contribution in [2.24, 2.45) is 0 Å². The number of carbonyl (C=O) groups excluding carboxylic acids is 1. The molecule has 1 N–H and O–H groups in total. The summed E-state index contributed by atoms with van der Waals surface area (Å²) in [6.07, 6.45) is -0.389. The fraction of sp³-hybridized carbons (Fsp3) is 0.364. The quantitative estimate of drug-likeness (QED) is 0.762. The minimum Gasteiger partial charge on any atom is -0.346 e. The van der Waals surface area contributed by atoms with Crippen LogP contribution in [-0.2, 0) is 0 Å². The van der Waals surface area contributed by atoms with Crippen LogP contribution in [0.1, 0.15) is 22.3 Å². The van der Waals surface area contributed by atoms with Crippen LogP contribution in [0.3, 0.4) is 0 Å². The van der Waals surface area contributed by atoms with Crippen molar-refractivity contribution in [1.29, 1.82) is 0 Å². The number of nitrogens with one attached hydrogen (secondary N) is 1. The lowest BCUT2D eigenvalue weighted by Crippen LogP contribution is -2.27. The molecule has 14 heavy (non-hydrogen) atoms. The monoisotopic (exact) mass is 193 g/mol. The van der Waals surface area contributed by atoms with Gasteiger partial charge < -0.3 is 5.32 Å². The minimum absolute atomic E-state index is 0.173. The predicted octanol–water partition coefficient (Wildman–Crippen LogP) is 1.84. The van der Waals surface area contributed by atoms with Gasteiger partial charge in [0.25, 0.3) is 5.91 Å². The van der Waals surface area contributed by atoms with Gasteiger partial charge >= 0.3 is 0 Å². The SMILES string of the molecule is Cc1ccccc1C(=O)N[C@H]1C[C@@H]1F. The van der Waals surface area contributed by atoms with Crippen LogP contribution in [0.5, 0.6) is 0 Å². The fourth-order valence-electron chi connectivity index (χ4n) is 1.39. The topological polar surface area (TPSA) is 29.1 Å². The number of aryl methyl sites for hydroxylation is 1. The van der Waals surface area contributed by atoms with Gasteiger partial charge in [-0.25, -0.2) is 4.39 Å². The van der Waals surface area contributed by atoms with Crippen LogP contribution in [0.25, 0.3) is 0 Å². The zero-order valence-electron chi connectivity index (χ0n) is 7.96. The lowest BCUT2D eigenvalue weighted by molar-refractivity contribution is 0.0947. The van der Waals surface area contributed by atoms with E-state index in [0.717, 1.165) is 5.56 Å². The second kappa shape index (κ2) is 3.40. The summed E-state index contributed by atoms with van der Waals surface area (Å²) in [6.45, 7) is 1.87. The maximum absolute atomic E-state index is 12.5. The molecule has 0 unspecified atom stereocenters. The molecule has 0 spiro atoms. The van der Waals surface area contributed by atoms with E-state index in [-0.39, 0.29) is 11.9 Å². The second-order valence-corrected chi connectivity index (χ2v) is 3.65. The number of benzene rings is 1. The molecule has 2 rings (SSSR count). The number of carbonyl (C=O) groups is 1. The van der Waals surface area contributed by atoms with Crippen molar-refractivity contribution in [2.45, 2.75) is 25.6 Å². The Kier molecular flexibility index (Phi) is 2.23. The summed E-state index contributed by atoms with van der Waals surface area (Å²) in [5, 5.41) is 2.65. The molecule has 0 bridgehead atoms. The molecule has 1 saturated carbocycles. The zero-order valence-corrected chi connectivity index (χ0v) is 7.96. The van der Waals surface area contributed by atoms with Gasteiger partial charge in [0, 0.05) is 12.0 Å². The van der Waals surface area contributed by atoms with Crippen molar-refractivity contribution in [3.05, 3.63) is 35.4 Å². The van der Waals surface area contributed by atoms with E-state index in [4.69, 9.17) is 0 Å². The van der Waals surface area contributed by atoms with Gasteiger partial charge in [-0.2, -0.15) is 0 Å². The number of hydrogen-bond acceptors (Lipinski definition) is 1. The van der Waals surface area contributed by atoms with Gasteiger partial charge in [0.2, 0.25) is 0 Å². The lowest BCUT2D eigenvalue weighted by Gasteiger charge is -2.05. The van der Waals surface area contributed by atoms with Crippen molar-refractivity contribution >= 4 is 5.91 Å². The molecular formula is C11H12FNO. The average Bonchev–Trinajstić information content (AvgIpc) is 2.82. The van der Waals surface area contributed by atoms with E-state index >= 15 is 0 Å². The summed E-state index contributed by atoms with van der Waals surface area (Å²) < 4.78 is 12.5. The Balaban J connectivity index is 2.07. The predicted molar refractivity (Wildman–Crippen MR) is 51.9 cm³/mol. The summed E-state index contributed by atoms with van der Waals surface area (Å²) in [7, 11) is 0. The molecule has 0 radical (unpaired) electrons. The number of alkyl halides is 1. The second-order valence-electron chi connectivity index (χ2n) is 3.65. The van der Waals surface area contributed by atoms with Crippen LogP contribution in [0.4, 0.5) is 4.39 Å². The van der Waals surface area contributed by atoms with Crippen LogP contribution in [-0.4, -0.2) is 18.1 Å². The van der Waals surface area contributed by atoms with Crippen LogP contribution >= 0.6 is 0 Å². The molecule has 1 aromatic rings. The van der Waals surface area contributed by atoms with Crippen molar-refractivity contribution < 1.29 is 9.18 Å². The molecule has 1 fully saturated rings. The smallest absolute Gasteiger partial charge is 0.251 e. The first kappa shape index (κ1) is 9.19. The first-order chi connectivity index (χ1) is 6.68. The highest BCUT2D eigenvalue weighted by atomic mass is 19.1. The fourth-order valence-corrected chi connectivity index (χ4v) is 1.39. The molecule has 3 heteroatoms. The van der Waals surface area contributed by atoms with Crippen molar-refractivity contribution in [3.63, 3.8) is 0 Å². The molecule has 0 saturated heterocycles. The van der Waals surface area contributed by atoms with Crippen molar-refractivity contribution in [1.82, 2.24) is 5.32 Å². The Morgan fingerprint density at radius 3 is 2.71 bits per heavy atom. The van der Waals surface area contributed by atoms with Gasteiger partial charge in [-0.05, 0) is 18.6 Å². The Morgan fingerprint density at radius 1 is 1.50 bits per heavy atom. The highest BCUT2D eigenvalue weighted by molar-refractivity contribution is 5.96. The first-order valence-corrected chi connectivity index (χ1v) is 4.69. The molecule has 0 heterocycles.